The van der Waals surface area contributed by atoms with Crippen molar-refractivity contribution in [1.82, 2.24) is 9.97 Å². The topological polar surface area (TPSA) is 46.1 Å². The van der Waals surface area contributed by atoms with Crippen LogP contribution in [-0.4, -0.2) is 35.0 Å². The normalized spacial score (nSPS) is 11.8. The van der Waals surface area contributed by atoms with Crippen molar-refractivity contribution in [3.8, 4) is 0 Å². The van der Waals surface area contributed by atoms with Crippen molar-refractivity contribution in [3.05, 3.63) is 16.5 Å². The molecule has 106 valence electrons. The molecule has 0 unspecified atom stereocenters. The fraction of sp³-hybridized carbons (Fsp3) is 0.545. The minimum absolute atomic E-state index is 0.0974. The van der Waals surface area contributed by atoms with E-state index in [2.05, 4.69) is 9.97 Å². The quantitative estimate of drug-likeness (QED) is 0.633. The fourth-order valence-corrected chi connectivity index (χ4v) is 1.80. The molecule has 0 fully saturated rings. The van der Waals surface area contributed by atoms with Gasteiger partial charge in [0.05, 0.1) is 5.56 Å². The summed E-state index contributed by atoms with van der Waals surface area (Å²) in [7, 11) is 0. The maximum Gasteiger partial charge on any atom is 0.405 e. The monoisotopic (exact) mass is 295 g/mol. The molecular formula is C11H13ClF3N3O. The summed E-state index contributed by atoms with van der Waals surface area (Å²) in [6, 6.07) is -0.495. The number of carbonyl (C=O) groups excluding carboxylic acids is 1. The van der Waals surface area contributed by atoms with Crippen LogP contribution in [0.3, 0.4) is 0 Å². The average Bonchev–Trinajstić information content (AvgIpc) is 2.23. The molecule has 0 spiro atoms. The van der Waals surface area contributed by atoms with Gasteiger partial charge in [0.1, 0.15) is 23.3 Å². The third-order valence-corrected chi connectivity index (χ3v) is 2.64. The van der Waals surface area contributed by atoms with E-state index >= 15 is 0 Å². The van der Waals surface area contributed by atoms with Crippen molar-refractivity contribution >= 4 is 23.7 Å². The summed E-state index contributed by atoms with van der Waals surface area (Å²) in [4.78, 5) is 19.6. The number of anilines is 1. The van der Waals surface area contributed by atoms with E-state index < -0.39 is 18.8 Å². The van der Waals surface area contributed by atoms with Crippen LogP contribution < -0.4 is 4.90 Å². The Bertz CT molecular complexity index is 477. The standard InChI is InChI=1S/C11H13ClF3N3O/c1-6(2)18(5-11(13,14)15)10-8(4-19)9(12)16-7(3)17-10/h4,6H,5H2,1-3H3. The van der Waals surface area contributed by atoms with Crippen LogP contribution >= 0.6 is 11.6 Å². The molecule has 0 atom stereocenters. The van der Waals surface area contributed by atoms with Gasteiger partial charge < -0.3 is 4.90 Å². The molecule has 0 N–H and O–H groups in total. The predicted molar refractivity (Wildman–Crippen MR) is 65.7 cm³/mol. The molecule has 0 bridgehead atoms. The lowest BCUT2D eigenvalue weighted by Gasteiger charge is -2.29. The summed E-state index contributed by atoms with van der Waals surface area (Å²) < 4.78 is 37.7. The Morgan fingerprint density at radius 1 is 1.37 bits per heavy atom. The van der Waals surface area contributed by atoms with Crippen molar-refractivity contribution < 1.29 is 18.0 Å². The Morgan fingerprint density at radius 2 is 1.95 bits per heavy atom. The van der Waals surface area contributed by atoms with Crippen LogP contribution in [0.5, 0.6) is 0 Å². The van der Waals surface area contributed by atoms with Gasteiger partial charge in [-0.2, -0.15) is 13.2 Å². The Labute approximate surface area is 113 Å². The Kier molecular flexibility index (Phi) is 4.73. The van der Waals surface area contributed by atoms with Crippen molar-refractivity contribution in [1.29, 1.82) is 0 Å². The molecular weight excluding hydrogens is 283 g/mol. The third-order valence-electron chi connectivity index (χ3n) is 2.35. The van der Waals surface area contributed by atoms with Crippen LogP contribution in [0.4, 0.5) is 19.0 Å². The highest BCUT2D eigenvalue weighted by molar-refractivity contribution is 6.32. The molecule has 0 aliphatic rings. The van der Waals surface area contributed by atoms with Gasteiger partial charge in [0, 0.05) is 6.04 Å². The van der Waals surface area contributed by atoms with Gasteiger partial charge in [-0.25, -0.2) is 9.97 Å². The van der Waals surface area contributed by atoms with Crippen LogP contribution in [0.25, 0.3) is 0 Å². The average molecular weight is 296 g/mol. The first-order valence-electron chi connectivity index (χ1n) is 5.48. The molecule has 8 heteroatoms. The van der Waals surface area contributed by atoms with Crippen molar-refractivity contribution in [2.45, 2.75) is 33.0 Å². The minimum atomic E-state index is -4.41. The molecule has 0 radical (unpaired) electrons. The number of aromatic nitrogens is 2. The van der Waals surface area contributed by atoms with E-state index in [0.29, 0.717) is 6.29 Å². The zero-order valence-electron chi connectivity index (χ0n) is 10.6. The third kappa shape index (κ3) is 4.05. The molecule has 1 aromatic rings. The van der Waals surface area contributed by atoms with E-state index in [9.17, 15) is 18.0 Å². The molecule has 0 amide bonds. The van der Waals surface area contributed by atoms with Crippen molar-refractivity contribution in [3.63, 3.8) is 0 Å². The molecule has 19 heavy (non-hydrogen) atoms. The van der Waals surface area contributed by atoms with Gasteiger partial charge in [0.2, 0.25) is 0 Å². The molecule has 1 aromatic heterocycles. The van der Waals surface area contributed by atoms with Crippen LogP contribution in [0, 0.1) is 6.92 Å². The van der Waals surface area contributed by atoms with Crippen LogP contribution in [-0.2, 0) is 0 Å². The number of hydrogen-bond donors (Lipinski definition) is 0. The predicted octanol–water partition coefficient (Wildman–Crippen LogP) is 3.03. The summed E-state index contributed by atoms with van der Waals surface area (Å²) >= 11 is 5.76. The minimum Gasteiger partial charge on any atom is -0.344 e. The Morgan fingerprint density at radius 3 is 2.37 bits per heavy atom. The number of alkyl halides is 3. The van der Waals surface area contributed by atoms with Crippen molar-refractivity contribution in [2.75, 3.05) is 11.4 Å². The number of aldehydes is 1. The number of hydrogen-bond acceptors (Lipinski definition) is 4. The Balaban J connectivity index is 3.33. The smallest absolute Gasteiger partial charge is 0.344 e. The lowest BCUT2D eigenvalue weighted by molar-refractivity contribution is -0.120. The zero-order valence-corrected chi connectivity index (χ0v) is 11.4. The molecule has 0 aliphatic carbocycles. The van der Waals surface area contributed by atoms with E-state index in [4.69, 9.17) is 11.6 Å². The van der Waals surface area contributed by atoms with E-state index in [0.717, 1.165) is 4.90 Å². The van der Waals surface area contributed by atoms with Crippen LogP contribution in [0.2, 0.25) is 5.15 Å². The first-order valence-corrected chi connectivity index (χ1v) is 5.86. The SMILES string of the molecule is Cc1nc(Cl)c(C=O)c(N(CC(F)(F)F)C(C)C)n1. The lowest BCUT2D eigenvalue weighted by Crippen LogP contribution is -2.40. The summed E-state index contributed by atoms with van der Waals surface area (Å²) in [6.45, 7) is 3.44. The van der Waals surface area contributed by atoms with Gasteiger partial charge in [-0.05, 0) is 20.8 Å². The van der Waals surface area contributed by atoms with Crippen LogP contribution in [0.1, 0.15) is 30.0 Å². The molecule has 0 saturated carbocycles. The summed E-state index contributed by atoms with van der Waals surface area (Å²) in [6.07, 6.45) is -4.04. The van der Waals surface area contributed by atoms with Crippen molar-refractivity contribution in [2.24, 2.45) is 0 Å². The van der Waals surface area contributed by atoms with E-state index in [1.807, 2.05) is 0 Å². The highest BCUT2D eigenvalue weighted by Crippen LogP contribution is 2.27. The lowest BCUT2D eigenvalue weighted by atomic mass is 10.2. The highest BCUT2D eigenvalue weighted by Gasteiger charge is 2.34. The van der Waals surface area contributed by atoms with Crippen LogP contribution in [0.15, 0.2) is 0 Å². The second-order valence-electron chi connectivity index (χ2n) is 4.25. The van der Waals surface area contributed by atoms with Gasteiger partial charge in [-0.1, -0.05) is 11.6 Å². The summed E-state index contributed by atoms with van der Waals surface area (Å²) in [5.74, 6) is 0.109. The maximum atomic E-state index is 12.6. The number of rotatable bonds is 4. The van der Waals surface area contributed by atoms with Gasteiger partial charge >= 0.3 is 6.18 Å². The van der Waals surface area contributed by atoms with Gasteiger partial charge in [-0.15, -0.1) is 0 Å². The maximum absolute atomic E-state index is 12.6. The molecule has 1 heterocycles. The Hall–Kier alpha value is -1.37. The van der Waals surface area contributed by atoms with Gasteiger partial charge in [-0.3, -0.25) is 4.79 Å². The number of aryl methyl sites for hydroxylation is 1. The molecule has 0 saturated heterocycles. The summed E-state index contributed by atoms with van der Waals surface area (Å²) in [5, 5.41) is -0.148. The molecule has 4 nitrogen and oxygen atoms in total. The summed E-state index contributed by atoms with van der Waals surface area (Å²) in [5.41, 5.74) is -0.134. The van der Waals surface area contributed by atoms with E-state index in [-0.39, 0.29) is 22.4 Å². The number of halogens is 4. The second kappa shape index (κ2) is 5.73. The number of nitrogens with zero attached hydrogens (tertiary/aromatic N) is 3. The fourth-order valence-electron chi connectivity index (χ4n) is 1.55. The number of carbonyl (C=O) groups is 1. The molecule has 0 aliphatic heterocycles. The van der Waals surface area contributed by atoms with E-state index in [1.165, 1.54) is 6.92 Å². The van der Waals surface area contributed by atoms with Gasteiger partial charge in [0.15, 0.2) is 6.29 Å². The molecule has 1 rings (SSSR count). The largest absolute Gasteiger partial charge is 0.405 e. The highest BCUT2D eigenvalue weighted by atomic mass is 35.5. The van der Waals surface area contributed by atoms with Gasteiger partial charge in [0.25, 0.3) is 0 Å². The first kappa shape index (κ1) is 15.7. The zero-order chi connectivity index (χ0) is 14.8. The first-order chi connectivity index (χ1) is 8.65. The second-order valence-corrected chi connectivity index (χ2v) is 4.61. The van der Waals surface area contributed by atoms with E-state index in [1.54, 1.807) is 13.8 Å². The molecule has 0 aromatic carbocycles.